The molecule has 1 aromatic heterocycles. The fraction of sp³-hybridized carbons (Fsp3) is 0.533. The number of para-hydroxylation sites is 1. The summed E-state index contributed by atoms with van der Waals surface area (Å²) in [5, 5.41) is 0. The van der Waals surface area contributed by atoms with E-state index < -0.39 is 0 Å². The van der Waals surface area contributed by atoms with Crippen molar-refractivity contribution in [3.05, 3.63) is 28.5 Å². The Kier molecular flexibility index (Phi) is 2.81. The van der Waals surface area contributed by atoms with Crippen molar-refractivity contribution < 1.29 is 0 Å². The third-order valence-electron chi connectivity index (χ3n) is 4.38. The van der Waals surface area contributed by atoms with Crippen LogP contribution in [0.2, 0.25) is 0 Å². The highest BCUT2D eigenvalue weighted by Gasteiger charge is 2.31. The Morgan fingerprint density at radius 2 is 1.94 bits per heavy atom. The molecule has 18 heavy (non-hydrogen) atoms. The van der Waals surface area contributed by atoms with E-state index in [1.807, 2.05) is 0 Å². The van der Waals surface area contributed by atoms with Crippen molar-refractivity contribution in [2.24, 2.45) is 0 Å². The Morgan fingerprint density at radius 1 is 1.22 bits per heavy atom. The first-order chi connectivity index (χ1) is 8.62. The zero-order chi connectivity index (χ0) is 12.8. The minimum Gasteiger partial charge on any atom is -0.331 e. The summed E-state index contributed by atoms with van der Waals surface area (Å²) >= 11 is 5.57. The Labute approximate surface area is 113 Å². The van der Waals surface area contributed by atoms with Crippen LogP contribution in [-0.4, -0.2) is 9.55 Å². The Morgan fingerprint density at radius 3 is 2.67 bits per heavy atom. The minimum atomic E-state index is 0.194. The molecule has 0 unspecified atom stereocenters. The summed E-state index contributed by atoms with van der Waals surface area (Å²) in [6, 6.07) is 6.39. The van der Waals surface area contributed by atoms with E-state index in [9.17, 15) is 0 Å². The van der Waals surface area contributed by atoms with Crippen molar-refractivity contribution in [3.63, 3.8) is 0 Å². The van der Waals surface area contributed by atoms with Crippen LogP contribution in [-0.2, 0) is 5.54 Å². The third-order valence-corrected chi connectivity index (χ3v) is 4.66. The number of benzene rings is 1. The molecule has 2 nitrogen and oxygen atoms in total. The Balaban J connectivity index is 2.28. The van der Waals surface area contributed by atoms with Crippen LogP contribution in [0, 0.1) is 11.7 Å². The van der Waals surface area contributed by atoms with Crippen LogP contribution in [0.25, 0.3) is 11.0 Å². The Bertz CT molecular complexity index is 629. The molecule has 1 aliphatic rings. The van der Waals surface area contributed by atoms with Gasteiger partial charge in [0, 0.05) is 5.54 Å². The van der Waals surface area contributed by atoms with Gasteiger partial charge in [0.05, 0.1) is 11.0 Å². The number of aromatic amines is 1. The van der Waals surface area contributed by atoms with Crippen LogP contribution in [0.4, 0.5) is 0 Å². The van der Waals surface area contributed by atoms with Gasteiger partial charge in [-0.15, -0.1) is 0 Å². The molecule has 0 atom stereocenters. The fourth-order valence-corrected chi connectivity index (χ4v) is 3.80. The van der Waals surface area contributed by atoms with E-state index in [2.05, 4.69) is 41.6 Å². The molecule has 3 rings (SSSR count). The van der Waals surface area contributed by atoms with Crippen LogP contribution >= 0.6 is 12.2 Å². The lowest BCUT2D eigenvalue weighted by Crippen LogP contribution is -2.32. The predicted molar refractivity (Wildman–Crippen MR) is 78.6 cm³/mol. The number of rotatable bonds is 1. The van der Waals surface area contributed by atoms with E-state index in [1.165, 1.54) is 48.7 Å². The fourth-order valence-electron chi connectivity index (χ4n) is 3.38. The molecule has 96 valence electrons. The van der Waals surface area contributed by atoms with Gasteiger partial charge in [0.25, 0.3) is 0 Å². The number of nitrogens with zero attached hydrogens (tertiary/aromatic N) is 1. The van der Waals surface area contributed by atoms with E-state index in [-0.39, 0.29) is 5.54 Å². The summed E-state index contributed by atoms with van der Waals surface area (Å²) in [6.07, 6.45) is 6.48. The van der Waals surface area contributed by atoms with Crippen LogP contribution in [0.1, 0.15) is 44.6 Å². The molecule has 0 amide bonds. The smallest absolute Gasteiger partial charge is 0.178 e. The minimum absolute atomic E-state index is 0.194. The summed E-state index contributed by atoms with van der Waals surface area (Å²) in [4.78, 5) is 3.37. The van der Waals surface area contributed by atoms with Crippen molar-refractivity contribution in [1.29, 1.82) is 0 Å². The van der Waals surface area contributed by atoms with Crippen molar-refractivity contribution in [2.45, 2.75) is 51.5 Å². The number of H-pyrrole nitrogens is 1. The third kappa shape index (κ3) is 1.72. The molecule has 0 spiro atoms. The lowest BCUT2D eigenvalue weighted by molar-refractivity contribution is 0.222. The molecule has 0 saturated heterocycles. The molecule has 1 fully saturated rings. The van der Waals surface area contributed by atoms with Gasteiger partial charge in [0.2, 0.25) is 0 Å². The average molecular weight is 260 g/mol. The number of fused-ring (bicyclic) bond motifs is 1. The first kappa shape index (κ1) is 12.0. The van der Waals surface area contributed by atoms with E-state index >= 15 is 0 Å². The van der Waals surface area contributed by atoms with Gasteiger partial charge >= 0.3 is 0 Å². The molecule has 3 heteroatoms. The van der Waals surface area contributed by atoms with Crippen molar-refractivity contribution in [1.82, 2.24) is 9.55 Å². The quantitative estimate of drug-likeness (QED) is 0.738. The van der Waals surface area contributed by atoms with Gasteiger partial charge in [-0.25, -0.2) is 0 Å². The maximum absolute atomic E-state index is 5.57. The average Bonchev–Trinajstić information content (AvgIpc) is 2.68. The van der Waals surface area contributed by atoms with Gasteiger partial charge in [0.1, 0.15) is 0 Å². The van der Waals surface area contributed by atoms with Gasteiger partial charge in [0.15, 0.2) is 4.77 Å². The maximum atomic E-state index is 5.57. The molecule has 1 aliphatic carbocycles. The lowest BCUT2D eigenvalue weighted by Gasteiger charge is -2.36. The molecule has 1 aromatic carbocycles. The maximum Gasteiger partial charge on any atom is 0.178 e. The molecule has 0 radical (unpaired) electrons. The van der Waals surface area contributed by atoms with Gasteiger partial charge in [-0.1, -0.05) is 31.4 Å². The monoisotopic (exact) mass is 260 g/mol. The van der Waals surface area contributed by atoms with Crippen LogP contribution < -0.4 is 0 Å². The lowest BCUT2D eigenvalue weighted by atomic mass is 9.83. The number of hydrogen-bond acceptors (Lipinski definition) is 1. The highest BCUT2D eigenvalue weighted by Crippen LogP contribution is 2.37. The normalized spacial score (nSPS) is 19.2. The molecule has 1 saturated carbocycles. The van der Waals surface area contributed by atoms with Gasteiger partial charge < -0.3 is 9.55 Å². The number of aryl methyl sites for hydroxylation is 1. The van der Waals surface area contributed by atoms with E-state index in [0.717, 1.165) is 4.77 Å². The summed E-state index contributed by atoms with van der Waals surface area (Å²) in [5.74, 6) is 0. The molecule has 0 aliphatic heterocycles. The molecule has 1 heterocycles. The first-order valence-corrected chi connectivity index (χ1v) is 7.23. The molecular weight excluding hydrogens is 240 g/mol. The summed E-state index contributed by atoms with van der Waals surface area (Å²) in [5.41, 5.74) is 3.98. The van der Waals surface area contributed by atoms with Crippen LogP contribution in [0.3, 0.4) is 0 Å². The number of nitrogens with one attached hydrogen (secondary N) is 1. The molecular formula is C15H20N2S. The van der Waals surface area contributed by atoms with Gasteiger partial charge in [-0.3, -0.25) is 0 Å². The highest BCUT2D eigenvalue weighted by molar-refractivity contribution is 7.71. The number of hydrogen-bond donors (Lipinski definition) is 1. The largest absolute Gasteiger partial charge is 0.331 e. The molecule has 0 bridgehead atoms. The summed E-state index contributed by atoms with van der Waals surface area (Å²) in [7, 11) is 0. The van der Waals surface area contributed by atoms with Crippen molar-refractivity contribution in [3.8, 4) is 0 Å². The second kappa shape index (κ2) is 4.23. The second-order valence-electron chi connectivity index (χ2n) is 5.79. The van der Waals surface area contributed by atoms with Crippen LogP contribution in [0.15, 0.2) is 18.2 Å². The SMILES string of the molecule is Cc1cccc2[nH]c(=S)n(C3(C)CCCCC3)c12. The van der Waals surface area contributed by atoms with Crippen LogP contribution in [0.5, 0.6) is 0 Å². The van der Waals surface area contributed by atoms with E-state index in [1.54, 1.807) is 0 Å². The van der Waals surface area contributed by atoms with E-state index in [0.29, 0.717) is 0 Å². The summed E-state index contributed by atoms with van der Waals surface area (Å²) in [6.45, 7) is 4.54. The topological polar surface area (TPSA) is 20.7 Å². The molecule has 2 aromatic rings. The number of aromatic nitrogens is 2. The van der Waals surface area contributed by atoms with Crippen molar-refractivity contribution >= 4 is 23.3 Å². The number of imidazole rings is 1. The zero-order valence-electron chi connectivity index (χ0n) is 11.1. The Hall–Kier alpha value is -1.09. The first-order valence-electron chi connectivity index (χ1n) is 6.83. The molecule has 1 N–H and O–H groups in total. The zero-order valence-corrected chi connectivity index (χ0v) is 11.9. The second-order valence-corrected chi connectivity index (χ2v) is 6.18. The highest BCUT2D eigenvalue weighted by atomic mass is 32.1. The standard InChI is InChI=1S/C15H20N2S/c1-11-7-6-8-12-13(11)17(14(18)16-12)15(2)9-4-3-5-10-15/h6-8H,3-5,9-10H2,1-2H3,(H,16,18). The van der Waals surface area contributed by atoms with Crippen molar-refractivity contribution in [2.75, 3.05) is 0 Å². The predicted octanol–water partition coefficient (Wildman–Crippen LogP) is 4.69. The van der Waals surface area contributed by atoms with Gasteiger partial charge in [-0.2, -0.15) is 0 Å². The van der Waals surface area contributed by atoms with Gasteiger partial charge in [-0.05, 0) is 50.5 Å². The van der Waals surface area contributed by atoms with E-state index in [4.69, 9.17) is 12.2 Å². The summed E-state index contributed by atoms with van der Waals surface area (Å²) < 4.78 is 3.26.